The standard InChI is InChI=1S/C16H15Cl3N2O3/c1-21(14(22)16(17,18)19)15(23)20-11-7-9-13(10-8-11)24-12-5-3-2-4-6-12/h2-10,14,22H,1H3,(H,20,23). The average molecular weight is 390 g/mol. The number of ether oxygens (including phenoxy) is 1. The Hall–Kier alpha value is -1.66. The van der Waals surface area contributed by atoms with Crippen molar-refractivity contribution in [2.24, 2.45) is 0 Å². The Morgan fingerprint density at radius 1 is 1.08 bits per heavy atom. The van der Waals surface area contributed by atoms with Crippen LogP contribution in [0.1, 0.15) is 0 Å². The molecule has 0 fully saturated rings. The number of hydrogen-bond donors (Lipinski definition) is 2. The summed E-state index contributed by atoms with van der Waals surface area (Å²) < 4.78 is 3.65. The fourth-order valence-corrected chi connectivity index (χ4v) is 2.21. The first-order valence-corrected chi connectivity index (χ1v) is 8.02. The third kappa shape index (κ3) is 5.18. The minimum absolute atomic E-state index is 0.503. The first-order valence-electron chi connectivity index (χ1n) is 6.89. The SMILES string of the molecule is CN(C(=O)Nc1ccc(Oc2ccccc2)cc1)C(O)C(Cl)(Cl)Cl. The van der Waals surface area contributed by atoms with Gasteiger partial charge < -0.3 is 15.2 Å². The summed E-state index contributed by atoms with van der Waals surface area (Å²) in [6.07, 6.45) is -1.58. The van der Waals surface area contributed by atoms with E-state index in [2.05, 4.69) is 5.32 Å². The zero-order valence-electron chi connectivity index (χ0n) is 12.6. The summed E-state index contributed by atoms with van der Waals surface area (Å²) in [6, 6.07) is 15.4. The zero-order valence-corrected chi connectivity index (χ0v) is 14.9. The Balaban J connectivity index is 1.97. The van der Waals surface area contributed by atoms with Crippen molar-refractivity contribution in [3.8, 4) is 11.5 Å². The second kappa shape index (κ2) is 7.94. The maximum Gasteiger partial charge on any atom is 0.323 e. The van der Waals surface area contributed by atoms with Crippen LogP contribution >= 0.6 is 34.8 Å². The molecule has 2 aromatic rings. The molecule has 8 heteroatoms. The number of anilines is 1. The summed E-state index contributed by atoms with van der Waals surface area (Å²) in [4.78, 5) is 12.9. The number of urea groups is 1. The van der Waals surface area contributed by atoms with Gasteiger partial charge in [0, 0.05) is 12.7 Å². The molecule has 2 aromatic carbocycles. The number of amides is 2. The van der Waals surface area contributed by atoms with Gasteiger partial charge in [-0.05, 0) is 36.4 Å². The lowest BCUT2D eigenvalue weighted by Gasteiger charge is -2.28. The normalized spacial score (nSPS) is 12.4. The van der Waals surface area contributed by atoms with Crippen molar-refractivity contribution in [3.63, 3.8) is 0 Å². The molecule has 1 unspecified atom stereocenters. The van der Waals surface area contributed by atoms with Crippen molar-refractivity contribution in [2.45, 2.75) is 10.0 Å². The minimum Gasteiger partial charge on any atom is -0.457 e. The molecule has 0 aliphatic carbocycles. The number of rotatable bonds is 4. The lowest BCUT2D eigenvalue weighted by atomic mass is 10.3. The molecule has 24 heavy (non-hydrogen) atoms. The van der Waals surface area contributed by atoms with Gasteiger partial charge in [0.15, 0.2) is 6.23 Å². The number of alkyl halides is 3. The number of benzene rings is 2. The number of hydrogen-bond acceptors (Lipinski definition) is 3. The third-order valence-electron chi connectivity index (χ3n) is 3.06. The highest BCUT2D eigenvalue weighted by Gasteiger charge is 2.36. The molecule has 0 aliphatic heterocycles. The Morgan fingerprint density at radius 2 is 1.62 bits per heavy atom. The van der Waals surface area contributed by atoms with Crippen LogP contribution in [0.2, 0.25) is 0 Å². The monoisotopic (exact) mass is 388 g/mol. The summed E-state index contributed by atoms with van der Waals surface area (Å²) in [5.74, 6) is 1.33. The highest BCUT2D eigenvalue weighted by atomic mass is 35.6. The smallest absolute Gasteiger partial charge is 0.323 e. The van der Waals surface area contributed by atoms with E-state index in [1.54, 1.807) is 24.3 Å². The highest BCUT2D eigenvalue weighted by Crippen LogP contribution is 2.31. The minimum atomic E-state index is -2.00. The van der Waals surface area contributed by atoms with E-state index in [0.717, 1.165) is 4.90 Å². The fraction of sp³-hybridized carbons (Fsp3) is 0.188. The van der Waals surface area contributed by atoms with Gasteiger partial charge in [-0.25, -0.2) is 4.79 Å². The van der Waals surface area contributed by atoms with Crippen LogP contribution in [0, 0.1) is 0 Å². The second-order valence-corrected chi connectivity index (χ2v) is 7.26. The largest absolute Gasteiger partial charge is 0.457 e. The van der Waals surface area contributed by atoms with E-state index in [1.165, 1.54) is 7.05 Å². The molecule has 5 nitrogen and oxygen atoms in total. The molecule has 2 N–H and O–H groups in total. The quantitative estimate of drug-likeness (QED) is 0.592. The first kappa shape index (κ1) is 18.7. The Kier molecular flexibility index (Phi) is 6.18. The molecule has 2 amide bonds. The van der Waals surface area contributed by atoms with E-state index in [0.29, 0.717) is 17.2 Å². The maximum atomic E-state index is 12.0. The zero-order chi connectivity index (χ0) is 17.7. The predicted octanol–water partition coefficient (Wildman–Crippen LogP) is 4.63. The van der Waals surface area contributed by atoms with Crippen LogP contribution in [0.15, 0.2) is 54.6 Å². The average Bonchev–Trinajstić information content (AvgIpc) is 2.55. The third-order valence-corrected chi connectivity index (χ3v) is 3.65. The number of carbonyl (C=O) groups is 1. The van der Waals surface area contributed by atoms with Gasteiger partial charge in [0.2, 0.25) is 3.79 Å². The van der Waals surface area contributed by atoms with Crippen molar-refractivity contribution < 1.29 is 14.6 Å². The molecule has 0 heterocycles. The number of aliphatic hydroxyl groups is 1. The van der Waals surface area contributed by atoms with Crippen LogP contribution in [0.3, 0.4) is 0 Å². The molecule has 0 aromatic heterocycles. The van der Waals surface area contributed by atoms with Crippen LogP contribution in [0.4, 0.5) is 10.5 Å². The maximum absolute atomic E-state index is 12.0. The first-order chi connectivity index (χ1) is 11.3. The van der Waals surface area contributed by atoms with Crippen LogP contribution in [0.5, 0.6) is 11.5 Å². The van der Waals surface area contributed by atoms with E-state index >= 15 is 0 Å². The number of aliphatic hydroxyl groups excluding tert-OH is 1. The van der Waals surface area contributed by atoms with Crippen molar-refractivity contribution in [1.82, 2.24) is 4.90 Å². The number of carbonyl (C=O) groups excluding carboxylic acids is 1. The molecule has 0 bridgehead atoms. The van der Waals surface area contributed by atoms with Gasteiger partial charge in [0.05, 0.1) is 0 Å². The molecular formula is C16H15Cl3N2O3. The van der Waals surface area contributed by atoms with Gasteiger partial charge in [-0.3, -0.25) is 4.90 Å². The van der Waals surface area contributed by atoms with E-state index in [-0.39, 0.29) is 0 Å². The number of para-hydroxylation sites is 1. The molecule has 0 aliphatic rings. The van der Waals surface area contributed by atoms with Crippen molar-refractivity contribution >= 4 is 46.5 Å². The predicted molar refractivity (Wildman–Crippen MR) is 96.0 cm³/mol. The molecule has 128 valence electrons. The van der Waals surface area contributed by atoms with Crippen LogP contribution < -0.4 is 10.1 Å². The van der Waals surface area contributed by atoms with Crippen molar-refractivity contribution in [3.05, 3.63) is 54.6 Å². The molecule has 2 rings (SSSR count). The van der Waals surface area contributed by atoms with Gasteiger partial charge in [-0.2, -0.15) is 0 Å². The van der Waals surface area contributed by atoms with E-state index in [1.807, 2.05) is 30.3 Å². The summed E-state index contributed by atoms with van der Waals surface area (Å²) in [5.41, 5.74) is 0.503. The van der Waals surface area contributed by atoms with Crippen LogP contribution in [0.25, 0.3) is 0 Å². The summed E-state index contributed by atoms with van der Waals surface area (Å²) in [6.45, 7) is 0. The number of nitrogens with zero attached hydrogens (tertiary/aromatic N) is 1. The molecule has 0 saturated carbocycles. The van der Waals surface area contributed by atoms with E-state index < -0.39 is 16.1 Å². The van der Waals surface area contributed by atoms with Crippen LogP contribution in [-0.4, -0.2) is 33.1 Å². The van der Waals surface area contributed by atoms with Gasteiger partial charge in [0.1, 0.15) is 11.5 Å². The Bertz CT molecular complexity index is 675. The number of halogens is 3. The molecular weight excluding hydrogens is 375 g/mol. The van der Waals surface area contributed by atoms with E-state index in [9.17, 15) is 9.90 Å². The molecule has 1 atom stereocenters. The summed E-state index contributed by atoms with van der Waals surface area (Å²) in [5, 5.41) is 12.3. The van der Waals surface area contributed by atoms with E-state index in [4.69, 9.17) is 39.5 Å². The Morgan fingerprint density at radius 3 is 2.17 bits per heavy atom. The van der Waals surface area contributed by atoms with Crippen LogP contribution in [-0.2, 0) is 0 Å². The van der Waals surface area contributed by atoms with Crippen molar-refractivity contribution in [1.29, 1.82) is 0 Å². The number of nitrogens with one attached hydrogen (secondary N) is 1. The molecule has 0 spiro atoms. The molecule has 0 radical (unpaired) electrons. The topological polar surface area (TPSA) is 61.8 Å². The highest BCUT2D eigenvalue weighted by molar-refractivity contribution is 6.68. The van der Waals surface area contributed by atoms with Gasteiger partial charge in [-0.1, -0.05) is 53.0 Å². The lowest BCUT2D eigenvalue weighted by molar-refractivity contribution is 0.0547. The summed E-state index contributed by atoms with van der Waals surface area (Å²) in [7, 11) is 1.31. The van der Waals surface area contributed by atoms with Gasteiger partial charge >= 0.3 is 6.03 Å². The fourth-order valence-electron chi connectivity index (χ4n) is 1.77. The van der Waals surface area contributed by atoms with Gasteiger partial charge in [0.25, 0.3) is 0 Å². The second-order valence-electron chi connectivity index (χ2n) is 4.90. The van der Waals surface area contributed by atoms with Gasteiger partial charge in [-0.15, -0.1) is 0 Å². The molecule has 0 saturated heterocycles. The lowest BCUT2D eigenvalue weighted by Crippen LogP contribution is -2.46. The van der Waals surface area contributed by atoms with Crippen molar-refractivity contribution in [2.75, 3.05) is 12.4 Å². The summed E-state index contributed by atoms with van der Waals surface area (Å²) >= 11 is 16.7. The Labute approximate surface area is 154 Å².